The Morgan fingerprint density at radius 1 is 0.515 bits per heavy atom. The number of carbonyl (C=O) groups excluding carboxylic acids is 1. The van der Waals surface area contributed by atoms with Crippen LogP contribution in [-0.4, -0.2) is 60.7 Å². The van der Waals surface area contributed by atoms with Gasteiger partial charge in [-0.2, -0.15) is 0 Å². The number of thioether (sulfide) groups is 1. The minimum atomic E-state index is -2.66. The third-order valence-corrected chi connectivity index (χ3v) is 12.3. The maximum absolute atomic E-state index is 10.8. The molecule has 8 heteroatoms. The first-order chi connectivity index (χ1) is 26.5. The smallest absolute Gasteiger partial charge is 0.155 e. The zero-order valence-corrected chi connectivity index (χ0v) is 43.9. The molecule has 0 aromatic rings. The Kier molecular flexibility index (Phi) is 183. The Morgan fingerprint density at radius 3 is 0.879 bits per heavy atom. The van der Waals surface area contributed by atoms with E-state index in [2.05, 4.69) is 106 Å². The fourth-order valence-corrected chi connectivity index (χ4v) is 3.37. The number of allylic oxidation sites excluding steroid dienone is 9. The molecule has 0 heterocycles. The molecule has 0 fully saturated rings. The van der Waals surface area contributed by atoms with Crippen molar-refractivity contribution in [3.05, 3.63) is 84.6 Å². The van der Waals surface area contributed by atoms with Gasteiger partial charge in [0.25, 0.3) is 0 Å². The summed E-state index contributed by atoms with van der Waals surface area (Å²) in [5.74, 6) is 6.53. The molecule has 0 bridgehead atoms. The van der Waals surface area contributed by atoms with Gasteiger partial charge in [-0.1, -0.05) is 238 Å². The Balaban J connectivity index is -0.0000000242. The Bertz CT molecular complexity index is 1030. The Morgan fingerprint density at radius 2 is 0.848 bits per heavy atom. The van der Waals surface area contributed by atoms with E-state index >= 15 is 0 Å². The summed E-state index contributed by atoms with van der Waals surface area (Å²) < 4.78 is 36.3. The van der Waals surface area contributed by atoms with Crippen molar-refractivity contribution in [1.29, 1.82) is 0 Å². The zero-order chi connectivity index (χ0) is 47.3. The third kappa shape index (κ3) is 160. The molecular weight excluding hydrogens is 873 g/mol. The van der Waals surface area contributed by atoms with E-state index in [4.69, 9.17) is 4.74 Å². The van der Waals surface area contributed by atoms with Gasteiger partial charge in [-0.05, 0) is 97.8 Å². The van der Waals surface area contributed by atoms with Crippen molar-refractivity contribution in [2.24, 2.45) is 0 Å². The number of carbonyl (C=O) groups is 1. The van der Waals surface area contributed by atoms with Gasteiger partial charge in [0.1, 0.15) is 9.84 Å². The van der Waals surface area contributed by atoms with Gasteiger partial charge in [-0.3, -0.25) is 9.00 Å². The van der Waals surface area contributed by atoms with Gasteiger partial charge in [0.05, 0.1) is 12.9 Å². The van der Waals surface area contributed by atoms with Crippen molar-refractivity contribution in [2.75, 3.05) is 36.4 Å². The molecule has 0 amide bonds. The summed E-state index contributed by atoms with van der Waals surface area (Å²) in [5, 5.41) is 0. The van der Waals surface area contributed by atoms with Crippen LogP contribution in [0.3, 0.4) is 0 Å². The Labute approximate surface area is 431 Å². The van der Waals surface area contributed by atoms with Crippen LogP contribution in [0.25, 0.3) is 0 Å². The highest BCUT2D eigenvalue weighted by Crippen LogP contribution is 2.10. The summed E-state index contributed by atoms with van der Waals surface area (Å²) in [6.45, 7) is 50.7. The molecule has 0 aliphatic carbocycles. The van der Waals surface area contributed by atoms with Gasteiger partial charge in [0, 0.05) is 35.9 Å². The van der Waals surface area contributed by atoms with Crippen LogP contribution < -0.4 is 0 Å². The molecular formula is C58H136O5S3. The van der Waals surface area contributed by atoms with Crippen LogP contribution in [0.2, 0.25) is 0 Å². The maximum Gasteiger partial charge on any atom is 0.155 e. The number of rotatable bonds is 18. The van der Waals surface area contributed by atoms with Gasteiger partial charge in [-0.15, -0.1) is 11.8 Å². The minimum absolute atomic E-state index is 0. The molecule has 0 saturated carbocycles. The molecule has 416 valence electrons. The standard InChI is InChI=1S/C7H14.C6H10O.2C6H12.C5H12OS.C5H10O.C5H10S.C5H10.C4H10O2S.9CH4/c1-4-6-7(3)5-2;1-3-5-6(7)4-2;2*1-4-6(3)5-2;1-4-7(3,6)5-2;2*1-4-5(2)6-3;1-3-5-4-2;1-3-7(5,6)4-2;;;;;;;;;/h3-6H2,1-2H3;3,5H,4H2,1-2H3;2*3-5H2,1-2H3;3-5H2,1-2H3;2*2,4H2,1,3H3;3,5H,4H2,1-2H3;3-4H2,1-2H3;9*1H4/b;5-3-;;;;;;5-3-;;;;;;;;;;. The lowest BCUT2D eigenvalue weighted by atomic mass is 10.1. The topological polar surface area (TPSA) is 77.5 Å². The second kappa shape index (κ2) is 101. The predicted molar refractivity (Wildman–Crippen MR) is 335 cm³/mol. The van der Waals surface area contributed by atoms with Crippen LogP contribution in [0.4, 0.5) is 0 Å². The molecule has 5 nitrogen and oxygen atoms in total. The molecule has 0 unspecified atom stereocenters. The molecule has 0 N–H and O–H groups in total. The van der Waals surface area contributed by atoms with Gasteiger partial charge in [0.2, 0.25) is 0 Å². The van der Waals surface area contributed by atoms with Crippen molar-refractivity contribution >= 4 is 42.8 Å². The predicted octanol–water partition coefficient (Wildman–Crippen LogP) is 21.7. The second-order valence-corrected chi connectivity index (χ2v) is 18.8. The highest BCUT2D eigenvalue weighted by atomic mass is 32.2. The lowest BCUT2D eigenvalue weighted by molar-refractivity contribution is -0.114. The number of hydrogen-bond donors (Lipinski definition) is 0. The number of sulfone groups is 1. The van der Waals surface area contributed by atoms with E-state index in [1.807, 2.05) is 47.8 Å². The van der Waals surface area contributed by atoms with Crippen molar-refractivity contribution in [3.8, 4) is 0 Å². The molecule has 0 radical (unpaired) electrons. The number of ketones is 1. The fraction of sp³-hybridized carbons (Fsp3) is 0.724. The summed E-state index contributed by atoms with van der Waals surface area (Å²) in [4.78, 5) is 11.6. The van der Waals surface area contributed by atoms with Crippen LogP contribution in [0.5, 0.6) is 0 Å². The van der Waals surface area contributed by atoms with Crippen molar-refractivity contribution in [2.45, 2.75) is 248 Å². The summed E-state index contributed by atoms with van der Waals surface area (Å²) in [7, 11) is -2.68. The van der Waals surface area contributed by atoms with Crippen LogP contribution in [0.15, 0.2) is 84.6 Å². The fourth-order valence-electron chi connectivity index (χ4n) is 2.27. The first kappa shape index (κ1) is 120. The summed E-state index contributed by atoms with van der Waals surface area (Å²) in [6, 6.07) is 0. The number of ether oxygens (including phenoxy) is 1. The molecule has 0 aliphatic heterocycles. The van der Waals surface area contributed by atoms with E-state index in [1.165, 1.54) is 34.5 Å². The van der Waals surface area contributed by atoms with E-state index < -0.39 is 19.4 Å². The van der Waals surface area contributed by atoms with E-state index in [0.29, 0.717) is 17.9 Å². The summed E-state index contributed by atoms with van der Waals surface area (Å²) in [6.07, 6.45) is 21.5. The summed E-state index contributed by atoms with van der Waals surface area (Å²) in [5.41, 5.74) is 4.06. The molecule has 0 rings (SSSR count). The molecule has 0 atom stereocenters. The number of hydrogen-bond acceptors (Lipinski definition) is 6. The monoisotopic (exact) mass is 1010 g/mol. The average Bonchev–Trinajstić information content (AvgIpc) is 3.24. The Hall–Kier alpha value is -2.03. The highest BCUT2D eigenvalue weighted by Gasteiger charge is 1.99. The van der Waals surface area contributed by atoms with Crippen LogP contribution >= 0.6 is 11.8 Å². The largest absolute Gasteiger partial charge is 0.502 e. The van der Waals surface area contributed by atoms with E-state index in [9.17, 15) is 17.4 Å². The van der Waals surface area contributed by atoms with Crippen molar-refractivity contribution < 1.29 is 22.2 Å². The van der Waals surface area contributed by atoms with Crippen LogP contribution in [0.1, 0.15) is 248 Å². The molecule has 0 aliphatic rings. The van der Waals surface area contributed by atoms with E-state index in [-0.39, 0.29) is 84.1 Å². The average molecular weight is 1010 g/mol. The lowest BCUT2D eigenvalue weighted by Gasteiger charge is -1.96. The molecule has 0 aromatic carbocycles. The van der Waals surface area contributed by atoms with Gasteiger partial charge in [-0.25, -0.2) is 8.42 Å². The maximum atomic E-state index is 10.8. The zero-order valence-electron chi connectivity index (χ0n) is 41.4. The first-order valence-electron chi connectivity index (χ1n) is 21.2. The van der Waals surface area contributed by atoms with E-state index in [1.54, 1.807) is 44.9 Å². The first-order valence-corrected chi connectivity index (χ1v) is 26.4. The normalized spacial score (nSPS) is 8.21. The lowest BCUT2D eigenvalue weighted by Crippen LogP contribution is -2.04. The van der Waals surface area contributed by atoms with Gasteiger partial charge < -0.3 is 4.74 Å². The van der Waals surface area contributed by atoms with E-state index in [0.717, 1.165) is 57.1 Å². The molecule has 0 aromatic heterocycles. The van der Waals surface area contributed by atoms with Gasteiger partial charge in [0.15, 0.2) is 5.78 Å². The molecule has 0 spiro atoms. The van der Waals surface area contributed by atoms with Crippen molar-refractivity contribution in [3.63, 3.8) is 0 Å². The molecule has 66 heavy (non-hydrogen) atoms. The highest BCUT2D eigenvalue weighted by molar-refractivity contribution is 8.02. The van der Waals surface area contributed by atoms with Gasteiger partial charge >= 0.3 is 0 Å². The SMILES string of the molecule is C.C.C.C.C.C.C.C.C.C/C=C\C(=O)CC.C/C=C\CC.C=C(CC)CC.C=C(CC)CC.C=C(CC)CCC.C=C(CC)OC.C=C(CC)SC.C=S(=O)(CC)CC.CCS(=O)(=O)CC. The minimum Gasteiger partial charge on any atom is -0.502 e. The number of methoxy groups -OCH3 is 1. The second-order valence-electron chi connectivity index (χ2n) is 12.1. The van der Waals surface area contributed by atoms with Crippen LogP contribution in [-0.2, 0) is 28.9 Å². The quantitative estimate of drug-likeness (QED) is 0.0589. The molecule has 0 saturated heterocycles. The third-order valence-electron chi connectivity index (χ3n) is 7.57. The van der Waals surface area contributed by atoms with Crippen LogP contribution in [0, 0.1) is 0 Å². The van der Waals surface area contributed by atoms with Crippen molar-refractivity contribution in [1.82, 2.24) is 0 Å². The summed E-state index contributed by atoms with van der Waals surface area (Å²) >= 11 is 1.73.